The minimum Gasteiger partial charge on any atom is -0.368 e. The molecule has 1 heterocycles. The van der Waals surface area contributed by atoms with Gasteiger partial charge < -0.3 is 20.4 Å². The standard InChI is InChI=1S/C27H28F2N4O2/c28-23-9-5-10-24(29)26(23)31-27(35)33-18-16-32(17-19-33)22-14-12-21(13-15-22)30-25(34)11-4-8-20-6-2-1-3-7-20/h1-3,5-7,9-10,12-15H,4,8,11,16-19H2,(H,30,34)(H,31,35). The van der Waals surface area contributed by atoms with E-state index in [1.165, 1.54) is 16.5 Å². The van der Waals surface area contributed by atoms with E-state index >= 15 is 0 Å². The van der Waals surface area contributed by atoms with Gasteiger partial charge in [-0.2, -0.15) is 0 Å². The highest BCUT2D eigenvalue weighted by Crippen LogP contribution is 2.22. The molecule has 3 aromatic carbocycles. The Labute approximate surface area is 203 Å². The van der Waals surface area contributed by atoms with E-state index in [-0.39, 0.29) is 5.91 Å². The summed E-state index contributed by atoms with van der Waals surface area (Å²) in [6, 6.07) is 20.6. The Morgan fingerprint density at radius 1 is 0.771 bits per heavy atom. The first kappa shape index (κ1) is 24.2. The third-order valence-electron chi connectivity index (χ3n) is 5.99. The van der Waals surface area contributed by atoms with Gasteiger partial charge in [0.25, 0.3) is 0 Å². The molecule has 8 heteroatoms. The SMILES string of the molecule is O=C(CCCc1ccccc1)Nc1ccc(N2CCN(C(=O)Nc3c(F)cccc3F)CC2)cc1. The highest BCUT2D eigenvalue weighted by atomic mass is 19.1. The van der Waals surface area contributed by atoms with E-state index in [1.54, 1.807) is 0 Å². The number of para-hydroxylation sites is 1. The number of hydrogen-bond acceptors (Lipinski definition) is 3. The number of piperazine rings is 1. The van der Waals surface area contributed by atoms with Gasteiger partial charge in [-0.3, -0.25) is 4.79 Å². The molecule has 0 radical (unpaired) electrons. The van der Waals surface area contributed by atoms with Crippen molar-refractivity contribution in [2.75, 3.05) is 41.7 Å². The summed E-state index contributed by atoms with van der Waals surface area (Å²) < 4.78 is 27.6. The van der Waals surface area contributed by atoms with Crippen LogP contribution in [0.4, 0.5) is 30.6 Å². The fourth-order valence-electron chi connectivity index (χ4n) is 4.05. The van der Waals surface area contributed by atoms with Crippen LogP contribution in [0.15, 0.2) is 72.8 Å². The molecular weight excluding hydrogens is 450 g/mol. The molecule has 3 aromatic rings. The predicted molar refractivity (Wildman–Crippen MR) is 134 cm³/mol. The number of nitrogens with zero attached hydrogens (tertiary/aromatic N) is 2. The number of carbonyl (C=O) groups is 2. The minimum atomic E-state index is -0.805. The molecule has 0 aliphatic carbocycles. The van der Waals surface area contributed by atoms with Crippen LogP contribution in [0.5, 0.6) is 0 Å². The zero-order chi connectivity index (χ0) is 24.6. The largest absolute Gasteiger partial charge is 0.368 e. The second-order valence-electron chi connectivity index (χ2n) is 8.44. The molecule has 1 saturated heterocycles. The van der Waals surface area contributed by atoms with Gasteiger partial charge in [0, 0.05) is 44.0 Å². The van der Waals surface area contributed by atoms with Crippen LogP contribution >= 0.6 is 0 Å². The van der Waals surface area contributed by atoms with Crippen molar-refractivity contribution in [1.29, 1.82) is 0 Å². The highest BCUT2D eigenvalue weighted by Gasteiger charge is 2.23. The Balaban J connectivity index is 1.22. The van der Waals surface area contributed by atoms with E-state index in [2.05, 4.69) is 27.7 Å². The Bertz CT molecular complexity index is 1130. The molecule has 0 saturated carbocycles. The van der Waals surface area contributed by atoms with Crippen LogP contribution < -0.4 is 15.5 Å². The van der Waals surface area contributed by atoms with Crippen LogP contribution in [-0.4, -0.2) is 43.0 Å². The molecule has 1 aliphatic rings. The van der Waals surface area contributed by atoms with Crippen LogP contribution in [0.2, 0.25) is 0 Å². The summed E-state index contributed by atoms with van der Waals surface area (Å²) in [7, 11) is 0. The number of benzene rings is 3. The maximum atomic E-state index is 13.8. The molecule has 0 spiro atoms. The van der Waals surface area contributed by atoms with E-state index < -0.39 is 23.4 Å². The Kier molecular flexibility index (Phi) is 7.92. The molecule has 3 amide bonds. The number of hydrogen-bond donors (Lipinski definition) is 2. The van der Waals surface area contributed by atoms with Crippen molar-refractivity contribution in [1.82, 2.24) is 4.90 Å². The molecular formula is C27H28F2N4O2. The summed E-state index contributed by atoms with van der Waals surface area (Å²) in [6.45, 7) is 2.00. The lowest BCUT2D eigenvalue weighted by molar-refractivity contribution is -0.116. The van der Waals surface area contributed by atoms with Gasteiger partial charge in [-0.05, 0) is 54.8 Å². The molecule has 0 atom stereocenters. The van der Waals surface area contributed by atoms with Crippen LogP contribution in [0.25, 0.3) is 0 Å². The van der Waals surface area contributed by atoms with Gasteiger partial charge in [0.1, 0.15) is 17.3 Å². The van der Waals surface area contributed by atoms with Gasteiger partial charge >= 0.3 is 6.03 Å². The summed E-state index contributed by atoms with van der Waals surface area (Å²) in [5.41, 5.74) is 2.51. The summed E-state index contributed by atoms with van der Waals surface area (Å²) in [4.78, 5) is 28.3. The summed E-state index contributed by atoms with van der Waals surface area (Å²) >= 11 is 0. The lowest BCUT2D eigenvalue weighted by Gasteiger charge is -2.36. The van der Waals surface area contributed by atoms with E-state index in [0.717, 1.165) is 36.3 Å². The maximum Gasteiger partial charge on any atom is 0.322 e. The lowest BCUT2D eigenvalue weighted by atomic mass is 10.1. The van der Waals surface area contributed by atoms with E-state index in [4.69, 9.17) is 0 Å². The summed E-state index contributed by atoms with van der Waals surface area (Å²) in [5, 5.41) is 5.26. The van der Waals surface area contributed by atoms with E-state index in [0.29, 0.717) is 32.6 Å². The zero-order valence-corrected chi connectivity index (χ0v) is 19.3. The van der Waals surface area contributed by atoms with Crippen LogP contribution in [0, 0.1) is 11.6 Å². The topological polar surface area (TPSA) is 64.7 Å². The van der Waals surface area contributed by atoms with Gasteiger partial charge in [0.2, 0.25) is 5.91 Å². The maximum absolute atomic E-state index is 13.8. The fourth-order valence-corrected chi connectivity index (χ4v) is 4.05. The van der Waals surface area contributed by atoms with Gasteiger partial charge in [0.15, 0.2) is 0 Å². The monoisotopic (exact) mass is 478 g/mol. The van der Waals surface area contributed by atoms with Crippen molar-refractivity contribution >= 4 is 29.0 Å². The van der Waals surface area contributed by atoms with E-state index in [9.17, 15) is 18.4 Å². The number of nitrogens with one attached hydrogen (secondary N) is 2. The van der Waals surface area contributed by atoms with Crippen molar-refractivity contribution in [2.24, 2.45) is 0 Å². The average molecular weight is 479 g/mol. The number of amides is 3. The van der Waals surface area contributed by atoms with Gasteiger partial charge in [-0.25, -0.2) is 13.6 Å². The number of urea groups is 1. The predicted octanol–water partition coefficient (Wildman–Crippen LogP) is 5.28. The van der Waals surface area contributed by atoms with Crippen molar-refractivity contribution in [3.05, 3.63) is 90.0 Å². The third-order valence-corrected chi connectivity index (χ3v) is 5.99. The number of aryl methyl sites for hydroxylation is 1. The first-order valence-electron chi connectivity index (χ1n) is 11.7. The smallest absolute Gasteiger partial charge is 0.322 e. The molecule has 35 heavy (non-hydrogen) atoms. The third kappa shape index (κ3) is 6.56. The molecule has 0 bridgehead atoms. The minimum absolute atomic E-state index is 0.0143. The van der Waals surface area contributed by atoms with Crippen molar-refractivity contribution in [3.8, 4) is 0 Å². The number of carbonyl (C=O) groups excluding carboxylic acids is 2. The lowest BCUT2D eigenvalue weighted by Crippen LogP contribution is -2.50. The number of halogens is 2. The second-order valence-corrected chi connectivity index (χ2v) is 8.44. The van der Waals surface area contributed by atoms with Gasteiger partial charge in [0.05, 0.1) is 0 Å². The quantitative estimate of drug-likeness (QED) is 0.486. The van der Waals surface area contributed by atoms with Crippen molar-refractivity contribution in [3.63, 3.8) is 0 Å². The second kappa shape index (κ2) is 11.5. The first-order chi connectivity index (χ1) is 17.0. The van der Waals surface area contributed by atoms with Crippen LogP contribution in [0.1, 0.15) is 18.4 Å². The molecule has 182 valence electrons. The molecule has 1 fully saturated rings. The molecule has 4 rings (SSSR count). The van der Waals surface area contributed by atoms with Gasteiger partial charge in [-0.1, -0.05) is 36.4 Å². The fraction of sp³-hybridized carbons (Fsp3) is 0.259. The zero-order valence-electron chi connectivity index (χ0n) is 19.3. The Hall–Kier alpha value is -3.94. The molecule has 0 aromatic heterocycles. The van der Waals surface area contributed by atoms with Crippen LogP contribution in [0.3, 0.4) is 0 Å². The first-order valence-corrected chi connectivity index (χ1v) is 11.7. The van der Waals surface area contributed by atoms with E-state index in [1.807, 2.05) is 42.5 Å². The highest BCUT2D eigenvalue weighted by molar-refractivity contribution is 5.91. The summed E-state index contributed by atoms with van der Waals surface area (Å²) in [5.74, 6) is -1.62. The van der Waals surface area contributed by atoms with Crippen molar-refractivity contribution < 1.29 is 18.4 Å². The normalized spacial score (nSPS) is 13.4. The molecule has 2 N–H and O–H groups in total. The molecule has 6 nitrogen and oxygen atoms in total. The number of rotatable bonds is 7. The average Bonchev–Trinajstić information content (AvgIpc) is 2.87. The number of anilines is 3. The van der Waals surface area contributed by atoms with Crippen molar-refractivity contribution in [2.45, 2.75) is 19.3 Å². The molecule has 1 aliphatic heterocycles. The summed E-state index contributed by atoms with van der Waals surface area (Å²) in [6.07, 6.45) is 2.11. The van der Waals surface area contributed by atoms with Crippen LogP contribution in [-0.2, 0) is 11.2 Å². The Morgan fingerprint density at radius 2 is 1.43 bits per heavy atom. The van der Waals surface area contributed by atoms with Gasteiger partial charge in [-0.15, -0.1) is 0 Å². The Morgan fingerprint density at radius 3 is 2.09 bits per heavy atom. The molecule has 0 unspecified atom stereocenters.